The molecule has 21 heavy (non-hydrogen) atoms. The van der Waals surface area contributed by atoms with E-state index in [0.29, 0.717) is 32.0 Å². The first-order valence-corrected chi connectivity index (χ1v) is 7.50. The van der Waals surface area contributed by atoms with Crippen LogP contribution in [0.3, 0.4) is 0 Å². The van der Waals surface area contributed by atoms with E-state index in [-0.39, 0.29) is 12.3 Å². The summed E-state index contributed by atoms with van der Waals surface area (Å²) in [5.74, 6) is -0.282. The Balaban J connectivity index is 2.44. The van der Waals surface area contributed by atoms with Crippen LogP contribution in [0.2, 0.25) is 0 Å². The van der Waals surface area contributed by atoms with Gasteiger partial charge in [0.1, 0.15) is 0 Å². The first kappa shape index (κ1) is 17.4. The lowest BCUT2D eigenvalue weighted by Gasteiger charge is -2.33. The van der Waals surface area contributed by atoms with E-state index in [1.165, 1.54) is 0 Å². The molecular weight excluding hydrogens is 268 g/mol. The van der Waals surface area contributed by atoms with E-state index in [1.54, 1.807) is 17.1 Å². The van der Waals surface area contributed by atoms with Crippen molar-refractivity contribution in [1.82, 2.24) is 9.80 Å². The molecular formula is C16H26N2O3. The van der Waals surface area contributed by atoms with Gasteiger partial charge in [0.25, 0.3) is 0 Å². The van der Waals surface area contributed by atoms with E-state index < -0.39 is 5.97 Å². The molecule has 5 nitrogen and oxygen atoms in total. The highest BCUT2D eigenvalue weighted by atomic mass is 16.4. The second-order valence-electron chi connectivity index (χ2n) is 5.55. The highest BCUT2D eigenvalue weighted by Crippen LogP contribution is 2.20. The molecule has 0 aromatic carbocycles. The number of likely N-dealkylation sites (tertiary alicyclic amines) is 1. The molecule has 1 rings (SSSR count). The molecule has 1 amide bonds. The van der Waals surface area contributed by atoms with Gasteiger partial charge in [-0.3, -0.25) is 14.5 Å². The third-order valence-corrected chi connectivity index (χ3v) is 3.78. The van der Waals surface area contributed by atoms with Crippen LogP contribution >= 0.6 is 0 Å². The Morgan fingerprint density at radius 1 is 1.29 bits per heavy atom. The molecule has 0 saturated carbocycles. The second kappa shape index (κ2) is 9.34. The molecule has 1 aliphatic heterocycles. The maximum absolute atomic E-state index is 12.3. The number of aliphatic carboxylic acids is 1. The monoisotopic (exact) mass is 294 g/mol. The van der Waals surface area contributed by atoms with Gasteiger partial charge in [-0.05, 0) is 31.7 Å². The van der Waals surface area contributed by atoms with Crippen LogP contribution in [-0.2, 0) is 9.59 Å². The van der Waals surface area contributed by atoms with Gasteiger partial charge in [0.15, 0.2) is 0 Å². The van der Waals surface area contributed by atoms with Crippen molar-refractivity contribution in [3.05, 3.63) is 25.3 Å². The Morgan fingerprint density at radius 2 is 1.95 bits per heavy atom. The van der Waals surface area contributed by atoms with Gasteiger partial charge in [0.2, 0.25) is 5.91 Å². The first-order chi connectivity index (χ1) is 10.1. The third kappa shape index (κ3) is 6.58. The molecule has 0 spiro atoms. The zero-order chi connectivity index (χ0) is 15.7. The van der Waals surface area contributed by atoms with Crippen LogP contribution < -0.4 is 0 Å². The molecule has 0 radical (unpaired) electrons. The van der Waals surface area contributed by atoms with Crippen molar-refractivity contribution < 1.29 is 14.7 Å². The van der Waals surface area contributed by atoms with Gasteiger partial charge >= 0.3 is 5.97 Å². The number of hydrogen-bond donors (Lipinski definition) is 1. The summed E-state index contributed by atoms with van der Waals surface area (Å²) in [7, 11) is 0. The van der Waals surface area contributed by atoms with Gasteiger partial charge in [0, 0.05) is 26.1 Å². The van der Waals surface area contributed by atoms with Crippen molar-refractivity contribution >= 4 is 11.9 Å². The minimum absolute atomic E-state index is 0.0775. The molecule has 1 heterocycles. The van der Waals surface area contributed by atoms with E-state index in [2.05, 4.69) is 18.1 Å². The van der Waals surface area contributed by atoms with Crippen LogP contribution in [0.25, 0.3) is 0 Å². The number of amides is 1. The minimum Gasteiger partial charge on any atom is -0.481 e. The second-order valence-corrected chi connectivity index (χ2v) is 5.55. The summed E-state index contributed by atoms with van der Waals surface area (Å²) in [6.07, 6.45) is 6.43. The Bertz CT molecular complexity index is 372. The van der Waals surface area contributed by atoms with E-state index >= 15 is 0 Å². The minimum atomic E-state index is -0.744. The Kier molecular flexibility index (Phi) is 7.75. The lowest BCUT2D eigenvalue weighted by atomic mass is 9.93. The normalized spacial score (nSPS) is 19.0. The molecule has 118 valence electrons. The van der Waals surface area contributed by atoms with Gasteiger partial charge in [-0.15, -0.1) is 13.2 Å². The molecule has 0 aromatic rings. The number of carboxylic acids is 1. The fourth-order valence-electron chi connectivity index (χ4n) is 2.74. The van der Waals surface area contributed by atoms with Crippen LogP contribution in [0.5, 0.6) is 0 Å². The Hall–Kier alpha value is -1.62. The van der Waals surface area contributed by atoms with E-state index in [9.17, 15) is 9.59 Å². The van der Waals surface area contributed by atoms with Crippen LogP contribution in [-0.4, -0.2) is 59.5 Å². The number of carbonyl (C=O) groups is 2. The molecule has 0 aromatic heterocycles. The van der Waals surface area contributed by atoms with Crippen LogP contribution in [0.4, 0.5) is 0 Å². The maximum Gasteiger partial charge on any atom is 0.303 e. The van der Waals surface area contributed by atoms with Gasteiger partial charge in [-0.2, -0.15) is 0 Å². The highest BCUT2D eigenvalue weighted by molar-refractivity contribution is 5.78. The van der Waals surface area contributed by atoms with Crippen LogP contribution in [0.1, 0.15) is 25.7 Å². The molecule has 1 fully saturated rings. The summed E-state index contributed by atoms with van der Waals surface area (Å²) < 4.78 is 0. The number of rotatable bonds is 9. The predicted molar refractivity (Wildman–Crippen MR) is 83.0 cm³/mol. The molecule has 1 atom stereocenters. The van der Waals surface area contributed by atoms with E-state index in [1.807, 2.05) is 0 Å². The number of nitrogens with zero attached hydrogens (tertiary/aromatic N) is 2. The van der Waals surface area contributed by atoms with Crippen molar-refractivity contribution in [2.45, 2.75) is 25.7 Å². The molecule has 1 unspecified atom stereocenters. The number of piperidine rings is 1. The van der Waals surface area contributed by atoms with E-state index in [0.717, 1.165) is 25.9 Å². The van der Waals surface area contributed by atoms with Crippen LogP contribution in [0.15, 0.2) is 25.3 Å². The SMILES string of the molecule is C=CCN(CC=C)C(=O)CN1CCCC(CCC(=O)O)C1. The fourth-order valence-corrected chi connectivity index (χ4v) is 2.74. The molecule has 1 aliphatic rings. The van der Waals surface area contributed by atoms with Gasteiger partial charge in [-0.1, -0.05) is 12.2 Å². The molecule has 5 heteroatoms. The third-order valence-electron chi connectivity index (χ3n) is 3.78. The summed E-state index contributed by atoms with van der Waals surface area (Å²) in [4.78, 5) is 26.8. The average molecular weight is 294 g/mol. The highest BCUT2D eigenvalue weighted by Gasteiger charge is 2.23. The Morgan fingerprint density at radius 3 is 2.52 bits per heavy atom. The van der Waals surface area contributed by atoms with Crippen molar-refractivity contribution in [3.8, 4) is 0 Å². The smallest absolute Gasteiger partial charge is 0.303 e. The van der Waals surface area contributed by atoms with Crippen molar-refractivity contribution in [1.29, 1.82) is 0 Å². The molecule has 1 saturated heterocycles. The molecule has 0 aliphatic carbocycles. The van der Waals surface area contributed by atoms with Crippen molar-refractivity contribution in [3.63, 3.8) is 0 Å². The van der Waals surface area contributed by atoms with Crippen molar-refractivity contribution in [2.75, 3.05) is 32.7 Å². The standard InChI is InChI=1S/C16H26N2O3/c1-3-9-18(10-4-2)15(19)13-17-11-5-6-14(12-17)7-8-16(20)21/h3-4,14H,1-2,5-13H2,(H,20,21). The van der Waals surface area contributed by atoms with Gasteiger partial charge in [0.05, 0.1) is 6.54 Å². The zero-order valence-corrected chi connectivity index (χ0v) is 12.7. The summed E-state index contributed by atoms with van der Waals surface area (Å²) in [5.41, 5.74) is 0. The predicted octanol–water partition coefficient (Wildman–Crippen LogP) is 1.76. The molecule has 0 bridgehead atoms. The number of carboxylic acid groups (broad SMARTS) is 1. The van der Waals surface area contributed by atoms with Crippen LogP contribution in [0, 0.1) is 5.92 Å². The maximum atomic E-state index is 12.3. The quantitative estimate of drug-likeness (QED) is 0.658. The zero-order valence-electron chi connectivity index (χ0n) is 12.7. The summed E-state index contributed by atoms with van der Waals surface area (Å²) in [6, 6.07) is 0. The Labute approximate surface area is 126 Å². The number of carbonyl (C=O) groups excluding carboxylic acids is 1. The topological polar surface area (TPSA) is 60.9 Å². The van der Waals surface area contributed by atoms with Gasteiger partial charge in [-0.25, -0.2) is 0 Å². The first-order valence-electron chi connectivity index (χ1n) is 7.50. The summed E-state index contributed by atoms with van der Waals surface area (Å²) in [5, 5.41) is 8.75. The molecule has 1 N–H and O–H groups in total. The largest absolute Gasteiger partial charge is 0.481 e. The lowest BCUT2D eigenvalue weighted by Crippen LogP contribution is -2.44. The number of hydrogen-bond acceptors (Lipinski definition) is 3. The lowest BCUT2D eigenvalue weighted by molar-refractivity contribution is -0.137. The van der Waals surface area contributed by atoms with Crippen molar-refractivity contribution in [2.24, 2.45) is 5.92 Å². The summed E-state index contributed by atoms with van der Waals surface area (Å²) in [6.45, 7) is 10.5. The van der Waals surface area contributed by atoms with Gasteiger partial charge < -0.3 is 10.0 Å². The van der Waals surface area contributed by atoms with E-state index in [4.69, 9.17) is 5.11 Å². The average Bonchev–Trinajstić information content (AvgIpc) is 2.45. The fraction of sp³-hybridized carbons (Fsp3) is 0.625. The summed E-state index contributed by atoms with van der Waals surface area (Å²) >= 11 is 0.